The molecule has 2 rings (SSSR count). The second-order valence-electron chi connectivity index (χ2n) is 3.60. The van der Waals surface area contributed by atoms with Crippen LogP contribution in [-0.4, -0.2) is 29.0 Å². The van der Waals surface area contributed by atoms with Gasteiger partial charge in [0.2, 0.25) is 5.82 Å². The Balaban J connectivity index is 2.31. The maximum Gasteiger partial charge on any atom is 0.311 e. The molecule has 2 heterocycles. The molecule has 0 spiro atoms. The van der Waals surface area contributed by atoms with E-state index in [0.29, 0.717) is 12.4 Å². The van der Waals surface area contributed by atoms with Gasteiger partial charge < -0.3 is 10.6 Å². The number of hydrogen-bond donors (Lipinski definition) is 1. The Morgan fingerprint density at radius 3 is 3.07 bits per heavy atom. The van der Waals surface area contributed by atoms with Crippen LogP contribution in [0.5, 0.6) is 0 Å². The zero-order valence-corrected chi connectivity index (χ0v) is 8.17. The van der Waals surface area contributed by atoms with E-state index in [-0.39, 0.29) is 11.7 Å². The van der Waals surface area contributed by atoms with Crippen LogP contribution in [0.2, 0.25) is 0 Å². The summed E-state index contributed by atoms with van der Waals surface area (Å²) in [7, 11) is 0. The number of anilines is 1. The summed E-state index contributed by atoms with van der Waals surface area (Å²) in [5, 5.41) is 10.8. The Morgan fingerprint density at radius 2 is 2.47 bits per heavy atom. The summed E-state index contributed by atoms with van der Waals surface area (Å²) < 4.78 is 0. The van der Waals surface area contributed by atoms with E-state index < -0.39 is 4.92 Å². The third kappa shape index (κ3) is 1.89. The van der Waals surface area contributed by atoms with Gasteiger partial charge in [-0.25, -0.2) is 4.98 Å². The molecule has 0 aromatic carbocycles. The summed E-state index contributed by atoms with van der Waals surface area (Å²) in [6, 6.07) is 3.12. The van der Waals surface area contributed by atoms with Crippen molar-refractivity contribution in [2.75, 3.05) is 18.0 Å². The first-order valence-electron chi connectivity index (χ1n) is 4.78. The maximum atomic E-state index is 10.8. The molecule has 0 radical (unpaired) electrons. The van der Waals surface area contributed by atoms with Gasteiger partial charge in [-0.05, 0) is 12.5 Å². The molecule has 80 valence electrons. The van der Waals surface area contributed by atoms with Crippen LogP contribution in [0.1, 0.15) is 6.42 Å². The minimum Gasteiger partial charge on any atom is -0.349 e. The van der Waals surface area contributed by atoms with Crippen LogP contribution in [0.3, 0.4) is 0 Å². The van der Waals surface area contributed by atoms with Crippen molar-refractivity contribution in [3.05, 3.63) is 28.4 Å². The molecule has 1 aliphatic rings. The lowest BCUT2D eigenvalue weighted by Gasteiger charge is -2.15. The SMILES string of the molecule is N[C@@H]1CCN(c2ncccc2[N+](=O)[O-])C1. The minimum atomic E-state index is -0.411. The lowest BCUT2D eigenvalue weighted by Crippen LogP contribution is -2.27. The molecule has 6 nitrogen and oxygen atoms in total. The number of aromatic nitrogens is 1. The van der Waals surface area contributed by atoms with Crippen LogP contribution in [0.15, 0.2) is 18.3 Å². The Bertz CT molecular complexity index is 382. The van der Waals surface area contributed by atoms with Gasteiger partial charge in [-0.1, -0.05) is 0 Å². The van der Waals surface area contributed by atoms with E-state index in [1.54, 1.807) is 12.3 Å². The van der Waals surface area contributed by atoms with Crippen LogP contribution < -0.4 is 10.6 Å². The fourth-order valence-electron chi connectivity index (χ4n) is 1.75. The van der Waals surface area contributed by atoms with Gasteiger partial charge in [0.25, 0.3) is 0 Å². The molecule has 0 unspecified atom stereocenters. The molecular formula is C9H12N4O2. The van der Waals surface area contributed by atoms with Crippen molar-refractivity contribution in [2.45, 2.75) is 12.5 Å². The topological polar surface area (TPSA) is 85.3 Å². The summed E-state index contributed by atoms with van der Waals surface area (Å²) in [5.41, 5.74) is 5.80. The monoisotopic (exact) mass is 208 g/mol. The van der Waals surface area contributed by atoms with Crippen LogP contribution in [0, 0.1) is 10.1 Å². The van der Waals surface area contributed by atoms with Crippen molar-refractivity contribution in [3.8, 4) is 0 Å². The van der Waals surface area contributed by atoms with Gasteiger partial charge in [-0.2, -0.15) is 0 Å². The molecule has 1 fully saturated rings. The first kappa shape index (κ1) is 9.85. The molecule has 15 heavy (non-hydrogen) atoms. The molecule has 0 amide bonds. The van der Waals surface area contributed by atoms with E-state index in [4.69, 9.17) is 5.73 Å². The van der Waals surface area contributed by atoms with Gasteiger partial charge in [-0.15, -0.1) is 0 Å². The molecule has 1 aliphatic heterocycles. The predicted molar refractivity (Wildman–Crippen MR) is 55.7 cm³/mol. The largest absolute Gasteiger partial charge is 0.349 e. The van der Waals surface area contributed by atoms with E-state index in [2.05, 4.69) is 4.98 Å². The molecule has 1 saturated heterocycles. The number of nitro groups is 1. The standard InChI is InChI=1S/C9H12N4O2/c10-7-3-5-12(6-7)9-8(13(14)15)2-1-4-11-9/h1-2,4,7H,3,5-6,10H2/t7-/m1/s1. The van der Waals surface area contributed by atoms with Crippen LogP contribution in [0.25, 0.3) is 0 Å². The molecule has 1 aromatic rings. The molecular weight excluding hydrogens is 196 g/mol. The van der Waals surface area contributed by atoms with E-state index in [1.807, 2.05) is 4.90 Å². The summed E-state index contributed by atoms with van der Waals surface area (Å²) in [5.74, 6) is 0.426. The summed E-state index contributed by atoms with van der Waals surface area (Å²) in [4.78, 5) is 16.3. The highest BCUT2D eigenvalue weighted by Gasteiger charge is 2.26. The Kier molecular flexibility index (Phi) is 2.51. The van der Waals surface area contributed by atoms with Crippen molar-refractivity contribution in [3.63, 3.8) is 0 Å². The van der Waals surface area contributed by atoms with Crippen LogP contribution in [0.4, 0.5) is 11.5 Å². The first-order chi connectivity index (χ1) is 7.18. The fourth-order valence-corrected chi connectivity index (χ4v) is 1.75. The van der Waals surface area contributed by atoms with E-state index >= 15 is 0 Å². The van der Waals surface area contributed by atoms with Crippen LogP contribution >= 0.6 is 0 Å². The number of rotatable bonds is 2. The molecule has 0 saturated carbocycles. The Labute approximate surface area is 86.9 Å². The maximum absolute atomic E-state index is 10.8. The lowest BCUT2D eigenvalue weighted by molar-refractivity contribution is -0.384. The third-order valence-corrected chi connectivity index (χ3v) is 2.49. The highest BCUT2D eigenvalue weighted by molar-refractivity contribution is 5.57. The van der Waals surface area contributed by atoms with Gasteiger partial charge in [0.05, 0.1) is 4.92 Å². The second-order valence-corrected chi connectivity index (χ2v) is 3.60. The predicted octanol–water partition coefficient (Wildman–Crippen LogP) is 0.527. The molecule has 6 heteroatoms. The smallest absolute Gasteiger partial charge is 0.311 e. The normalized spacial score (nSPS) is 20.6. The molecule has 0 aliphatic carbocycles. The highest BCUT2D eigenvalue weighted by atomic mass is 16.6. The van der Waals surface area contributed by atoms with E-state index in [9.17, 15) is 10.1 Å². The number of pyridine rings is 1. The van der Waals surface area contributed by atoms with E-state index in [0.717, 1.165) is 13.0 Å². The zero-order chi connectivity index (χ0) is 10.8. The van der Waals surface area contributed by atoms with Crippen molar-refractivity contribution in [1.82, 2.24) is 4.98 Å². The molecule has 0 bridgehead atoms. The highest BCUT2D eigenvalue weighted by Crippen LogP contribution is 2.27. The zero-order valence-electron chi connectivity index (χ0n) is 8.17. The van der Waals surface area contributed by atoms with Crippen molar-refractivity contribution in [1.29, 1.82) is 0 Å². The first-order valence-corrected chi connectivity index (χ1v) is 4.78. The van der Waals surface area contributed by atoms with Crippen molar-refractivity contribution in [2.24, 2.45) is 5.73 Å². The average molecular weight is 208 g/mol. The van der Waals surface area contributed by atoms with Gasteiger partial charge in [0.15, 0.2) is 0 Å². The minimum absolute atomic E-state index is 0.0478. The Morgan fingerprint density at radius 1 is 1.67 bits per heavy atom. The van der Waals surface area contributed by atoms with Gasteiger partial charge in [0.1, 0.15) is 0 Å². The molecule has 2 N–H and O–H groups in total. The molecule has 1 atom stereocenters. The summed E-state index contributed by atoms with van der Waals surface area (Å²) in [6.45, 7) is 1.37. The third-order valence-electron chi connectivity index (χ3n) is 2.49. The number of nitrogens with zero attached hydrogens (tertiary/aromatic N) is 3. The lowest BCUT2D eigenvalue weighted by atomic mass is 10.3. The number of nitrogens with two attached hydrogens (primary N) is 1. The van der Waals surface area contributed by atoms with Crippen LogP contribution in [-0.2, 0) is 0 Å². The quantitative estimate of drug-likeness (QED) is 0.566. The average Bonchev–Trinajstić information content (AvgIpc) is 2.65. The van der Waals surface area contributed by atoms with Gasteiger partial charge in [-0.3, -0.25) is 10.1 Å². The summed E-state index contributed by atoms with van der Waals surface area (Å²) >= 11 is 0. The number of hydrogen-bond acceptors (Lipinski definition) is 5. The summed E-state index contributed by atoms with van der Waals surface area (Å²) in [6.07, 6.45) is 2.42. The Hall–Kier alpha value is -1.69. The fraction of sp³-hybridized carbons (Fsp3) is 0.444. The molecule has 1 aromatic heterocycles. The second kappa shape index (κ2) is 3.82. The van der Waals surface area contributed by atoms with Crippen molar-refractivity contribution >= 4 is 11.5 Å². The van der Waals surface area contributed by atoms with Crippen molar-refractivity contribution < 1.29 is 4.92 Å². The van der Waals surface area contributed by atoms with E-state index in [1.165, 1.54) is 6.07 Å². The van der Waals surface area contributed by atoms with Gasteiger partial charge in [0, 0.05) is 31.4 Å². The van der Waals surface area contributed by atoms with Gasteiger partial charge >= 0.3 is 5.69 Å².